The summed E-state index contributed by atoms with van der Waals surface area (Å²) in [4.78, 5) is 13.1. The number of hydrogen-bond donors (Lipinski definition) is 2. The normalized spacial score (nSPS) is 14.1. The first-order valence-electron chi connectivity index (χ1n) is 6.37. The van der Waals surface area contributed by atoms with Crippen LogP contribution in [0.5, 0.6) is 0 Å². The summed E-state index contributed by atoms with van der Waals surface area (Å²) in [5.74, 6) is -0.204. The van der Waals surface area contributed by atoms with Crippen LogP contribution in [-0.2, 0) is 12.6 Å². The molecule has 0 saturated carbocycles. The van der Waals surface area contributed by atoms with Gasteiger partial charge < -0.3 is 10.4 Å². The fourth-order valence-corrected chi connectivity index (χ4v) is 2.90. The molecule has 0 aliphatic carbocycles. The van der Waals surface area contributed by atoms with Gasteiger partial charge in [0.1, 0.15) is 5.60 Å². The van der Waals surface area contributed by atoms with Crippen molar-refractivity contribution < 1.29 is 9.90 Å². The van der Waals surface area contributed by atoms with Crippen LogP contribution < -0.4 is 5.32 Å². The summed E-state index contributed by atoms with van der Waals surface area (Å²) in [7, 11) is 1.81. The second-order valence-electron chi connectivity index (χ2n) is 5.10. The molecule has 2 aromatic heterocycles. The van der Waals surface area contributed by atoms with Crippen molar-refractivity contribution in [1.82, 2.24) is 15.1 Å². The van der Waals surface area contributed by atoms with Gasteiger partial charge in [-0.2, -0.15) is 5.10 Å². The lowest BCUT2D eigenvalue weighted by Gasteiger charge is -2.22. The molecule has 2 aromatic rings. The summed E-state index contributed by atoms with van der Waals surface area (Å²) in [6, 6.07) is 3.74. The Morgan fingerprint density at radius 1 is 1.55 bits per heavy atom. The van der Waals surface area contributed by atoms with E-state index >= 15 is 0 Å². The molecule has 1 amide bonds. The molecule has 5 nitrogen and oxygen atoms in total. The maximum absolute atomic E-state index is 12.2. The minimum Gasteiger partial charge on any atom is -0.383 e. The summed E-state index contributed by atoms with van der Waals surface area (Å²) in [6.45, 7) is 5.52. The van der Waals surface area contributed by atoms with Gasteiger partial charge in [0.15, 0.2) is 0 Å². The average Bonchev–Trinajstić information content (AvgIpc) is 2.97. The molecule has 1 unspecified atom stereocenters. The van der Waals surface area contributed by atoms with Crippen molar-refractivity contribution in [2.75, 3.05) is 6.54 Å². The van der Waals surface area contributed by atoms with E-state index in [1.165, 1.54) is 11.3 Å². The number of thiophene rings is 1. The molecule has 0 aliphatic rings. The van der Waals surface area contributed by atoms with Crippen molar-refractivity contribution in [2.24, 2.45) is 7.05 Å². The average molecular weight is 293 g/mol. The number of rotatable bonds is 4. The molecule has 0 spiro atoms. The Morgan fingerprint density at radius 3 is 2.75 bits per heavy atom. The van der Waals surface area contributed by atoms with E-state index in [1.54, 1.807) is 25.6 Å². The number of aryl methyl sites for hydroxylation is 2. The standard InChI is InChI=1S/C14H19N3O2S/c1-9-12(10(2)17(4)16-9)13(18)15-8-14(3,19)11-6-5-7-20-11/h5-7,19H,8H2,1-4H3,(H,15,18). The van der Waals surface area contributed by atoms with Gasteiger partial charge in [0.25, 0.3) is 5.91 Å². The zero-order valence-electron chi connectivity index (χ0n) is 12.1. The zero-order chi connectivity index (χ0) is 14.9. The number of aromatic nitrogens is 2. The Balaban J connectivity index is 2.09. The molecule has 0 aliphatic heterocycles. The SMILES string of the molecule is Cc1nn(C)c(C)c1C(=O)NCC(C)(O)c1cccs1. The fraction of sp³-hybridized carbons (Fsp3) is 0.429. The number of carbonyl (C=O) groups is 1. The second kappa shape index (κ2) is 5.38. The minimum absolute atomic E-state index is 0.167. The monoisotopic (exact) mass is 293 g/mol. The molecule has 1 atom stereocenters. The highest BCUT2D eigenvalue weighted by molar-refractivity contribution is 7.10. The van der Waals surface area contributed by atoms with Crippen LogP contribution in [0.3, 0.4) is 0 Å². The first-order chi connectivity index (χ1) is 9.33. The first kappa shape index (κ1) is 14.7. The van der Waals surface area contributed by atoms with Crippen molar-refractivity contribution in [2.45, 2.75) is 26.4 Å². The molecule has 2 rings (SSSR count). The maximum atomic E-state index is 12.2. The van der Waals surface area contributed by atoms with Crippen LogP contribution in [0.25, 0.3) is 0 Å². The molecule has 0 saturated heterocycles. The van der Waals surface area contributed by atoms with Gasteiger partial charge in [0, 0.05) is 17.6 Å². The third-order valence-corrected chi connectivity index (χ3v) is 4.50. The van der Waals surface area contributed by atoms with Gasteiger partial charge in [0.05, 0.1) is 17.8 Å². The van der Waals surface area contributed by atoms with Gasteiger partial charge in [-0.05, 0) is 32.2 Å². The van der Waals surface area contributed by atoms with Crippen molar-refractivity contribution >= 4 is 17.2 Å². The zero-order valence-corrected chi connectivity index (χ0v) is 12.9. The van der Waals surface area contributed by atoms with Crippen LogP contribution in [-0.4, -0.2) is 27.3 Å². The molecule has 20 heavy (non-hydrogen) atoms. The summed E-state index contributed by atoms with van der Waals surface area (Å²) in [5, 5.41) is 19.3. The van der Waals surface area contributed by atoms with Gasteiger partial charge in [0.2, 0.25) is 0 Å². The Bertz CT molecular complexity index is 615. The fourth-order valence-electron chi connectivity index (χ4n) is 2.12. The van der Waals surface area contributed by atoms with Crippen LogP contribution in [0.15, 0.2) is 17.5 Å². The molecule has 0 fully saturated rings. The van der Waals surface area contributed by atoms with Crippen LogP contribution in [0, 0.1) is 13.8 Å². The number of carbonyl (C=O) groups excluding carboxylic acids is 1. The van der Waals surface area contributed by atoms with E-state index in [0.29, 0.717) is 11.3 Å². The van der Waals surface area contributed by atoms with Crippen LogP contribution >= 0.6 is 11.3 Å². The summed E-state index contributed by atoms with van der Waals surface area (Å²) >= 11 is 1.47. The number of nitrogens with one attached hydrogen (secondary N) is 1. The third kappa shape index (κ3) is 2.76. The van der Waals surface area contributed by atoms with Gasteiger partial charge in [-0.25, -0.2) is 0 Å². The summed E-state index contributed by atoms with van der Waals surface area (Å²) < 4.78 is 1.68. The number of amides is 1. The van der Waals surface area contributed by atoms with Crippen molar-refractivity contribution in [1.29, 1.82) is 0 Å². The molecule has 6 heteroatoms. The maximum Gasteiger partial charge on any atom is 0.255 e. The van der Waals surface area contributed by atoms with Gasteiger partial charge in [-0.3, -0.25) is 9.48 Å². The molecule has 2 N–H and O–H groups in total. The number of nitrogens with zero attached hydrogens (tertiary/aromatic N) is 2. The van der Waals surface area contributed by atoms with Crippen molar-refractivity contribution in [3.63, 3.8) is 0 Å². The molecule has 0 aromatic carbocycles. The Kier molecular flexibility index (Phi) is 3.96. The number of hydrogen-bond acceptors (Lipinski definition) is 4. The van der Waals surface area contributed by atoms with Gasteiger partial charge >= 0.3 is 0 Å². The van der Waals surface area contributed by atoms with Gasteiger partial charge in [-0.1, -0.05) is 6.07 Å². The molecule has 2 heterocycles. The molecular weight excluding hydrogens is 274 g/mol. The predicted octanol–water partition coefficient (Wildman–Crippen LogP) is 1.74. The summed E-state index contributed by atoms with van der Waals surface area (Å²) in [6.07, 6.45) is 0. The molecule has 0 bridgehead atoms. The molecule has 0 radical (unpaired) electrons. The van der Waals surface area contributed by atoms with E-state index < -0.39 is 5.60 Å². The minimum atomic E-state index is -1.06. The predicted molar refractivity (Wildman–Crippen MR) is 78.9 cm³/mol. The van der Waals surface area contributed by atoms with Gasteiger partial charge in [-0.15, -0.1) is 11.3 Å². The largest absolute Gasteiger partial charge is 0.383 e. The Morgan fingerprint density at radius 2 is 2.25 bits per heavy atom. The Labute approximate surface area is 122 Å². The van der Waals surface area contributed by atoms with E-state index in [0.717, 1.165) is 10.6 Å². The molecular formula is C14H19N3O2S. The quantitative estimate of drug-likeness (QED) is 0.902. The lowest BCUT2D eigenvalue weighted by atomic mass is 10.0. The van der Waals surface area contributed by atoms with Crippen LogP contribution in [0.4, 0.5) is 0 Å². The highest BCUT2D eigenvalue weighted by atomic mass is 32.1. The van der Waals surface area contributed by atoms with E-state index in [2.05, 4.69) is 10.4 Å². The highest BCUT2D eigenvalue weighted by Gasteiger charge is 2.26. The van der Waals surface area contributed by atoms with Crippen LogP contribution in [0.2, 0.25) is 0 Å². The highest BCUT2D eigenvalue weighted by Crippen LogP contribution is 2.24. The van der Waals surface area contributed by atoms with Crippen LogP contribution in [0.1, 0.15) is 33.5 Å². The first-order valence-corrected chi connectivity index (χ1v) is 7.25. The number of aliphatic hydroxyl groups is 1. The smallest absolute Gasteiger partial charge is 0.255 e. The van der Waals surface area contributed by atoms with E-state index in [-0.39, 0.29) is 12.5 Å². The second-order valence-corrected chi connectivity index (χ2v) is 6.05. The molecule has 108 valence electrons. The lowest BCUT2D eigenvalue weighted by Crippen LogP contribution is -2.38. The topological polar surface area (TPSA) is 67.2 Å². The van der Waals surface area contributed by atoms with E-state index in [9.17, 15) is 9.90 Å². The Hall–Kier alpha value is -1.66. The summed E-state index contributed by atoms with van der Waals surface area (Å²) in [5.41, 5.74) is 1.02. The van der Waals surface area contributed by atoms with E-state index in [4.69, 9.17) is 0 Å². The van der Waals surface area contributed by atoms with E-state index in [1.807, 2.05) is 24.4 Å². The van der Waals surface area contributed by atoms with Crippen molar-refractivity contribution in [3.8, 4) is 0 Å². The van der Waals surface area contributed by atoms with Crippen molar-refractivity contribution in [3.05, 3.63) is 39.3 Å². The third-order valence-electron chi connectivity index (χ3n) is 3.38. The lowest BCUT2D eigenvalue weighted by molar-refractivity contribution is 0.0556.